The zero-order chi connectivity index (χ0) is 54.2. The van der Waals surface area contributed by atoms with E-state index in [1.807, 2.05) is 18.2 Å². The Morgan fingerprint density at radius 1 is 0.716 bits per heavy atom. The lowest BCUT2D eigenvalue weighted by molar-refractivity contribution is -0.142. The van der Waals surface area contributed by atoms with Gasteiger partial charge < -0.3 is 81.3 Å². The molecule has 0 saturated carbocycles. The zero-order valence-corrected chi connectivity index (χ0v) is 41.3. The van der Waals surface area contributed by atoms with Crippen molar-refractivity contribution in [3.8, 4) is 0 Å². The highest BCUT2D eigenvalue weighted by Gasteiger charge is 2.35. The molecule has 3 aromatic rings. The number of amides is 8. The molecule has 1 fully saturated rings. The summed E-state index contributed by atoms with van der Waals surface area (Å²) < 4.78 is 0. The third kappa shape index (κ3) is 19.7. The molecule has 2 aromatic carbocycles. The summed E-state index contributed by atoms with van der Waals surface area (Å²) >= 11 is 0. The maximum absolute atomic E-state index is 14.5. The van der Waals surface area contributed by atoms with Crippen molar-refractivity contribution in [2.24, 2.45) is 38.7 Å². The van der Waals surface area contributed by atoms with Crippen LogP contribution < -0.4 is 71.2 Å². The Morgan fingerprint density at radius 3 is 1.95 bits per heavy atom. The zero-order valence-electron chi connectivity index (χ0n) is 41.3. The van der Waals surface area contributed by atoms with Crippen molar-refractivity contribution in [3.63, 3.8) is 0 Å². The van der Waals surface area contributed by atoms with Gasteiger partial charge in [-0.15, -0.1) is 0 Å². The smallest absolute Gasteiger partial charge is 0.326 e. The molecule has 26 heteroatoms. The number of carbonyl (C=O) groups excluding carboxylic acids is 8. The summed E-state index contributed by atoms with van der Waals surface area (Å²) in [5, 5.41) is 31.9. The number of H-pyrrole nitrogens is 1. The molecule has 1 saturated heterocycles. The molecule has 26 nitrogen and oxygen atoms in total. The number of aliphatic carboxylic acids is 1. The Morgan fingerprint density at radius 2 is 1.30 bits per heavy atom. The van der Waals surface area contributed by atoms with Crippen LogP contribution in [0.15, 0.2) is 70.8 Å². The van der Waals surface area contributed by atoms with E-state index < -0.39 is 102 Å². The van der Waals surface area contributed by atoms with Crippen molar-refractivity contribution in [1.82, 2.24) is 47.5 Å². The fourth-order valence-electron chi connectivity index (χ4n) is 8.07. The Bertz CT molecular complexity index is 2480. The number of carboxylic acid groups (broad SMARTS) is 1. The molecule has 0 spiro atoms. The molecule has 1 aromatic heterocycles. The van der Waals surface area contributed by atoms with Gasteiger partial charge in [-0.05, 0) is 75.1 Å². The van der Waals surface area contributed by atoms with Gasteiger partial charge in [0.1, 0.15) is 42.3 Å². The number of hydrogen-bond donors (Lipinski definition) is 15. The van der Waals surface area contributed by atoms with Crippen LogP contribution in [-0.2, 0) is 56.0 Å². The van der Waals surface area contributed by atoms with Crippen LogP contribution in [0.25, 0.3) is 10.9 Å². The van der Waals surface area contributed by atoms with Crippen LogP contribution in [0.1, 0.15) is 75.8 Å². The number of carbonyl (C=O) groups is 9. The van der Waals surface area contributed by atoms with Gasteiger partial charge in [0.05, 0.1) is 6.42 Å². The molecule has 1 aliphatic heterocycles. The summed E-state index contributed by atoms with van der Waals surface area (Å²) in [5.41, 5.74) is 29.8. The van der Waals surface area contributed by atoms with E-state index >= 15 is 0 Å². The van der Waals surface area contributed by atoms with E-state index in [2.05, 4.69) is 57.5 Å². The van der Waals surface area contributed by atoms with Gasteiger partial charge in [0.15, 0.2) is 11.9 Å². The largest absolute Gasteiger partial charge is 0.480 e. The second-order valence-corrected chi connectivity index (χ2v) is 17.7. The van der Waals surface area contributed by atoms with E-state index in [1.165, 1.54) is 6.92 Å². The highest BCUT2D eigenvalue weighted by atomic mass is 16.4. The lowest BCUT2D eigenvalue weighted by atomic mass is 10.0. The minimum absolute atomic E-state index is 0.0210. The monoisotopic (exact) mass is 1030 g/mol. The van der Waals surface area contributed by atoms with Crippen LogP contribution in [0.4, 0.5) is 0 Å². The Kier molecular flexibility index (Phi) is 23.6. The average molecular weight is 1030 g/mol. The quantitative estimate of drug-likeness (QED) is 0.0336. The van der Waals surface area contributed by atoms with Crippen molar-refractivity contribution in [1.29, 1.82) is 0 Å². The summed E-state index contributed by atoms with van der Waals surface area (Å²) in [7, 11) is 0. The van der Waals surface area contributed by atoms with E-state index in [0.717, 1.165) is 10.9 Å². The van der Waals surface area contributed by atoms with Crippen LogP contribution in [0.3, 0.4) is 0 Å². The number of aromatic nitrogens is 1. The number of nitrogens with two attached hydrogens (primary N) is 5. The highest BCUT2D eigenvalue weighted by Crippen LogP contribution is 2.20. The topological polar surface area (TPSA) is 441 Å². The number of aromatic amines is 1. The van der Waals surface area contributed by atoms with Crippen LogP contribution in [0, 0.1) is 0 Å². The first-order valence-electron chi connectivity index (χ1n) is 24.3. The van der Waals surface area contributed by atoms with Crippen LogP contribution in [0.5, 0.6) is 0 Å². The van der Waals surface area contributed by atoms with Gasteiger partial charge in [0.2, 0.25) is 47.3 Å². The van der Waals surface area contributed by atoms with E-state index in [9.17, 15) is 48.3 Å². The van der Waals surface area contributed by atoms with Crippen LogP contribution in [-0.4, -0.2) is 144 Å². The SMILES string of the molecule is CC(=O)N[C@@H](CCCN=C(N)N)C(=O)N[C@H]1CC(=O)NCCCC[C@@H](C(=O)O)NC(=O)[C@H](Cc2c[nH]c3ccccc23)NC(=O)[C@H](CCCN=C(N)N)NC(=O)[C@@H](Cc2ccccc2)NC(=O)[C@H](CCN)NC1=O. The number of para-hydroxylation sites is 1. The molecule has 7 atom stereocenters. The summed E-state index contributed by atoms with van der Waals surface area (Å²) in [5.74, 6) is -8.32. The number of guanidine groups is 2. The van der Waals surface area contributed by atoms with Crippen molar-refractivity contribution in [2.45, 2.75) is 120 Å². The molecule has 20 N–H and O–H groups in total. The first kappa shape index (κ1) is 58.3. The molecule has 8 amide bonds. The number of nitrogens with zero attached hydrogens (tertiary/aromatic N) is 2. The molecule has 0 bridgehead atoms. The molecule has 74 heavy (non-hydrogen) atoms. The highest BCUT2D eigenvalue weighted by molar-refractivity contribution is 5.99. The number of benzene rings is 2. The lowest BCUT2D eigenvalue weighted by Gasteiger charge is -2.28. The number of nitrogens with one attached hydrogen (secondary N) is 9. The van der Waals surface area contributed by atoms with E-state index in [-0.39, 0.29) is 102 Å². The first-order valence-corrected chi connectivity index (χ1v) is 24.3. The summed E-state index contributed by atoms with van der Waals surface area (Å²) in [6.45, 7) is 1.16. The molecule has 0 radical (unpaired) electrons. The molecule has 0 unspecified atom stereocenters. The van der Waals surface area contributed by atoms with E-state index in [0.29, 0.717) is 11.1 Å². The van der Waals surface area contributed by atoms with Gasteiger partial charge >= 0.3 is 5.97 Å². The Hall–Kier alpha value is -8.29. The maximum atomic E-state index is 14.5. The molecule has 2 heterocycles. The molecule has 4 rings (SSSR count). The lowest BCUT2D eigenvalue weighted by Crippen LogP contribution is -2.60. The second kappa shape index (κ2) is 29.9. The van der Waals surface area contributed by atoms with Gasteiger partial charge in [-0.2, -0.15) is 0 Å². The normalized spacial score (nSPS) is 21.2. The average Bonchev–Trinajstić information content (AvgIpc) is 3.76. The third-order valence-electron chi connectivity index (χ3n) is 11.8. The third-order valence-corrected chi connectivity index (χ3v) is 11.8. The maximum Gasteiger partial charge on any atom is 0.326 e. The molecule has 0 aliphatic carbocycles. The molecular weight excluding hydrogens is 961 g/mol. The Labute approximate surface area is 427 Å². The number of hydrogen-bond acceptors (Lipinski definition) is 12. The first-order chi connectivity index (χ1) is 35.3. The molecule has 1 aliphatic rings. The summed E-state index contributed by atoms with van der Waals surface area (Å²) in [4.78, 5) is 135. The van der Waals surface area contributed by atoms with Gasteiger partial charge in [0.25, 0.3) is 0 Å². The summed E-state index contributed by atoms with van der Waals surface area (Å²) in [6, 6.07) is 5.89. The number of aliphatic imine (C=N–C) groups is 2. The Balaban J connectivity index is 1.75. The van der Waals surface area contributed by atoms with Crippen molar-refractivity contribution >= 4 is 76.0 Å². The number of carboxylic acids is 1. The van der Waals surface area contributed by atoms with Gasteiger partial charge in [-0.3, -0.25) is 48.3 Å². The summed E-state index contributed by atoms with van der Waals surface area (Å²) in [6.07, 6.45) is 1.17. The van der Waals surface area contributed by atoms with Crippen LogP contribution in [0.2, 0.25) is 0 Å². The predicted octanol–water partition coefficient (Wildman–Crippen LogP) is -3.40. The van der Waals surface area contributed by atoms with Gasteiger partial charge in [-0.25, -0.2) is 4.79 Å². The van der Waals surface area contributed by atoms with Crippen LogP contribution >= 0.6 is 0 Å². The van der Waals surface area contributed by atoms with Crippen molar-refractivity contribution in [3.05, 3.63) is 71.9 Å². The fourth-order valence-corrected chi connectivity index (χ4v) is 8.07. The standard InChI is InChI=1S/C48H70N16O10/c1-27(65)58-32(16-9-21-55-47(50)51)40(67)64-38-25-39(66)54-20-8-7-15-35(46(73)74)61-44(71)37(24-29-26-57-31-14-6-5-13-30(29)31)63-41(68)33(17-10-22-56-48(52)53)59-43(70)36(23-28-11-3-2-4-12-28)62-42(69)34(18-19-49)60-45(38)72/h2-6,11-14,26,32-38,57H,7-10,15-25,49H2,1H3,(H,54,66)(H,58,65)(H,59,70)(H,60,72)(H,61,71)(H,62,69)(H,63,68)(H,64,67)(H,73,74)(H4,50,51,55)(H4,52,53,56)/t32-,33-,34-,35-,36+,37-,38-/m0/s1. The van der Waals surface area contributed by atoms with Crippen molar-refractivity contribution in [2.75, 3.05) is 26.2 Å². The molecule has 402 valence electrons. The van der Waals surface area contributed by atoms with E-state index in [4.69, 9.17) is 28.7 Å². The molecular formula is C48H70N16O10. The number of rotatable bonds is 18. The van der Waals surface area contributed by atoms with E-state index in [1.54, 1.807) is 42.6 Å². The van der Waals surface area contributed by atoms with Gasteiger partial charge in [-0.1, -0.05) is 48.5 Å². The van der Waals surface area contributed by atoms with Gasteiger partial charge in [0, 0.05) is 56.5 Å². The van der Waals surface area contributed by atoms with Crippen molar-refractivity contribution < 1.29 is 48.3 Å². The predicted molar refractivity (Wildman–Crippen MR) is 274 cm³/mol. The number of fused-ring (bicyclic) bond motifs is 1. The minimum atomic E-state index is -1.64. The second-order valence-electron chi connectivity index (χ2n) is 17.7. The fraction of sp³-hybridized carbons (Fsp3) is 0.479. The minimum Gasteiger partial charge on any atom is -0.480 e.